The van der Waals surface area contributed by atoms with Crippen molar-refractivity contribution in [2.45, 2.75) is 13.0 Å². The molecule has 0 saturated carbocycles. The molecule has 0 amide bonds. The highest BCUT2D eigenvalue weighted by atomic mass is 32.2. The minimum atomic E-state index is -3.40. The van der Waals surface area contributed by atoms with E-state index in [-0.39, 0.29) is 5.56 Å². The van der Waals surface area contributed by atoms with Crippen LogP contribution in [0.3, 0.4) is 0 Å². The van der Waals surface area contributed by atoms with Gasteiger partial charge in [0.1, 0.15) is 0 Å². The molecule has 0 aliphatic heterocycles. The predicted octanol–water partition coefficient (Wildman–Crippen LogP) is 2.67. The Balaban J connectivity index is 1.65. The number of ketones is 1. The van der Waals surface area contributed by atoms with Crippen LogP contribution in [0.5, 0.6) is 0 Å². The first-order chi connectivity index (χ1) is 13.7. The summed E-state index contributed by atoms with van der Waals surface area (Å²) in [6.07, 6.45) is 2.92. The summed E-state index contributed by atoms with van der Waals surface area (Å²) in [6.45, 7) is 1.48. The molecule has 0 aliphatic carbocycles. The topological polar surface area (TPSA) is 107 Å². The SMILES string of the molecule is CC(OC(=O)c1cnn(-c2ccccc2)c1)C(=O)c1ccc(NS(C)(=O)=O)cc1. The molecular weight excluding hydrogens is 394 g/mol. The van der Waals surface area contributed by atoms with E-state index in [9.17, 15) is 18.0 Å². The first kappa shape index (κ1) is 20.3. The fourth-order valence-electron chi connectivity index (χ4n) is 2.58. The van der Waals surface area contributed by atoms with Gasteiger partial charge in [-0.3, -0.25) is 9.52 Å². The lowest BCUT2D eigenvalue weighted by Gasteiger charge is -2.12. The number of hydrogen-bond acceptors (Lipinski definition) is 6. The van der Waals surface area contributed by atoms with Gasteiger partial charge in [0, 0.05) is 17.4 Å². The van der Waals surface area contributed by atoms with E-state index in [1.54, 1.807) is 0 Å². The zero-order valence-corrected chi connectivity index (χ0v) is 16.6. The summed E-state index contributed by atoms with van der Waals surface area (Å²) >= 11 is 0. The van der Waals surface area contributed by atoms with E-state index in [2.05, 4.69) is 9.82 Å². The molecular formula is C20H19N3O5S. The molecule has 8 nitrogen and oxygen atoms in total. The van der Waals surface area contributed by atoms with Gasteiger partial charge in [0.05, 0.1) is 23.7 Å². The van der Waals surface area contributed by atoms with Crippen LogP contribution < -0.4 is 4.72 Å². The van der Waals surface area contributed by atoms with Crippen molar-refractivity contribution in [2.24, 2.45) is 0 Å². The zero-order valence-electron chi connectivity index (χ0n) is 15.8. The van der Waals surface area contributed by atoms with Gasteiger partial charge in [-0.05, 0) is 43.3 Å². The van der Waals surface area contributed by atoms with Crippen LogP contribution >= 0.6 is 0 Å². The standard InChI is InChI=1S/C20H19N3O5S/c1-14(19(24)15-8-10-17(11-9-15)22-29(2,26)27)28-20(25)16-12-21-23(13-16)18-6-4-3-5-7-18/h3-14,22H,1-2H3. The first-order valence-electron chi connectivity index (χ1n) is 8.66. The molecule has 2 aromatic carbocycles. The van der Waals surface area contributed by atoms with Gasteiger partial charge in [0.15, 0.2) is 6.10 Å². The maximum atomic E-state index is 12.5. The van der Waals surface area contributed by atoms with E-state index < -0.39 is 27.9 Å². The molecule has 0 saturated heterocycles. The van der Waals surface area contributed by atoms with Crippen LogP contribution in [0, 0.1) is 0 Å². The molecule has 0 fully saturated rings. The first-order valence-corrected chi connectivity index (χ1v) is 10.6. The van der Waals surface area contributed by atoms with Gasteiger partial charge in [-0.1, -0.05) is 18.2 Å². The molecule has 1 unspecified atom stereocenters. The van der Waals surface area contributed by atoms with Crippen molar-refractivity contribution in [3.63, 3.8) is 0 Å². The average molecular weight is 413 g/mol. The fraction of sp³-hybridized carbons (Fsp3) is 0.150. The smallest absolute Gasteiger partial charge is 0.342 e. The Morgan fingerprint density at radius 3 is 2.31 bits per heavy atom. The number of anilines is 1. The second kappa shape index (κ2) is 8.27. The van der Waals surface area contributed by atoms with Crippen LogP contribution in [0.15, 0.2) is 67.0 Å². The summed E-state index contributed by atoms with van der Waals surface area (Å²) in [5.41, 5.74) is 1.64. The minimum Gasteiger partial charge on any atom is -0.451 e. The van der Waals surface area contributed by atoms with E-state index in [0.717, 1.165) is 11.9 Å². The largest absolute Gasteiger partial charge is 0.451 e. The van der Waals surface area contributed by atoms with Crippen molar-refractivity contribution in [2.75, 3.05) is 11.0 Å². The number of carbonyl (C=O) groups excluding carboxylic acids is 2. The van der Waals surface area contributed by atoms with Crippen molar-refractivity contribution in [3.8, 4) is 5.69 Å². The van der Waals surface area contributed by atoms with Gasteiger partial charge in [0.2, 0.25) is 15.8 Å². The lowest BCUT2D eigenvalue weighted by atomic mass is 10.1. The monoisotopic (exact) mass is 413 g/mol. The molecule has 0 aliphatic rings. The third-order valence-corrected chi connectivity index (χ3v) is 4.57. The molecule has 0 bridgehead atoms. The number of nitrogens with one attached hydrogen (secondary N) is 1. The van der Waals surface area contributed by atoms with Gasteiger partial charge < -0.3 is 4.74 Å². The fourth-order valence-corrected chi connectivity index (χ4v) is 3.15. The number of para-hydroxylation sites is 1. The van der Waals surface area contributed by atoms with Gasteiger partial charge >= 0.3 is 5.97 Å². The van der Waals surface area contributed by atoms with Crippen LogP contribution in [0.1, 0.15) is 27.6 Å². The van der Waals surface area contributed by atoms with Gasteiger partial charge in [-0.2, -0.15) is 5.10 Å². The molecule has 29 heavy (non-hydrogen) atoms. The zero-order chi connectivity index (χ0) is 21.0. The van der Waals surface area contributed by atoms with Crippen LogP contribution in [0.25, 0.3) is 5.69 Å². The summed E-state index contributed by atoms with van der Waals surface area (Å²) in [5.74, 6) is -1.07. The number of hydrogen-bond donors (Lipinski definition) is 1. The van der Waals surface area contributed by atoms with E-state index in [1.807, 2.05) is 30.3 Å². The summed E-state index contributed by atoms with van der Waals surface area (Å²) in [5, 5.41) is 4.13. The number of ether oxygens (including phenoxy) is 1. The molecule has 0 spiro atoms. The highest BCUT2D eigenvalue weighted by Crippen LogP contribution is 2.15. The van der Waals surface area contributed by atoms with Crippen LogP contribution in [0.4, 0.5) is 5.69 Å². The number of sulfonamides is 1. The van der Waals surface area contributed by atoms with Gasteiger partial charge in [-0.15, -0.1) is 0 Å². The molecule has 150 valence electrons. The van der Waals surface area contributed by atoms with Crippen molar-refractivity contribution >= 4 is 27.5 Å². The Kier molecular flexibility index (Phi) is 5.79. The highest BCUT2D eigenvalue weighted by molar-refractivity contribution is 7.92. The number of benzene rings is 2. The van der Waals surface area contributed by atoms with Crippen molar-refractivity contribution < 1.29 is 22.7 Å². The third-order valence-electron chi connectivity index (χ3n) is 3.96. The minimum absolute atomic E-state index is 0.223. The average Bonchev–Trinajstić information content (AvgIpc) is 3.18. The van der Waals surface area contributed by atoms with Crippen LogP contribution in [0.2, 0.25) is 0 Å². The van der Waals surface area contributed by atoms with E-state index in [0.29, 0.717) is 11.3 Å². The number of aromatic nitrogens is 2. The maximum Gasteiger partial charge on any atom is 0.342 e. The molecule has 3 rings (SSSR count). The molecule has 1 aromatic heterocycles. The van der Waals surface area contributed by atoms with Gasteiger partial charge in [-0.25, -0.2) is 17.9 Å². The van der Waals surface area contributed by atoms with Gasteiger partial charge in [0.25, 0.3) is 0 Å². The Labute approximate surface area is 168 Å². The number of carbonyl (C=O) groups is 2. The predicted molar refractivity (Wildman–Crippen MR) is 108 cm³/mol. The number of rotatable bonds is 7. The normalized spacial score (nSPS) is 12.2. The lowest BCUT2D eigenvalue weighted by Crippen LogP contribution is -2.24. The number of esters is 1. The van der Waals surface area contributed by atoms with E-state index in [4.69, 9.17) is 4.74 Å². The second-order valence-corrected chi connectivity index (χ2v) is 8.12. The quantitative estimate of drug-likeness (QED) is 0.471. The van der Waals surface area contributed by atoms with Crippen LogP contribution in [-0.4, -0.2) is 42.3 Å². The molecule has 9 heteroatoms. The Morgan fingerprint density at radius 1 is 1.03 bits per heavy atom. The Hall–Kier alpha value is -3.46. The second-order valence-electron chi connectivity index (χ2n) is 6.37. The third kappa shape index (κ3) is 5.29. The van der Waals surface area contributed by atoms with Crippen molar-refractivity contribution in [1.82, 2.24) is 9.78 Å². The summed E-state index contributed by atoms with van der Waals surface area (Å²) in [6, 6.07) is 15.1. The lowest BCUT2D eigenvalue weighted by molar-refractivity contribution is 0.0319. The molecule has 1 heterocycles. The molecule has 0 radical (unpaired) electrons. The molecule has 3 aromatic rings. The Morgan fingerprint density at radius 2 is 1.69 bits per heavy atom. The summed E-state index contributed by atoms with van der Waals surface area (Å²) in [7, 11) is -3.40. The summed E-state index contributed by atoms with van der Waals surface area (Å²) < 4.78 is 31.6. The molecule has 1 N–H and O–H groups in total. The number of Topliss-reactive ketones (excluding diaryl/α,β-unsaturated/α-hetero) is 1. The van der Waals surface area contributed by atoms with Crippen LogP contribution in [-0.2, 0) is 14.8 Å². The van der Waals surface area contributed by atoms with Crippen molar-refractivity contribution in [3.05, 3.63) is 78.1 Å². The maximum absolute atomic E-state index is 12.5. The number of nitrogens with zero attached hydrogens (tertiary/aromatic N) is 2. The highest BCUT2D eigenvalue weighted by Gasteiger charge is 2.21. The summed E-state index contributed by atoms with van der Waals surface area (Å²) in [4.78, 5) is 24.8. The van der Waals surface area contributed by atoms with E-state index in [1.165, 1.54) is 48.3 Å². The van der Waals surface area contributed by atoms with Crippen molar-refractivity contribution in [1.29, 1.82) is 0 Å². The Bertz CT molecular complexity index is 1120. The molecule has 1 atom stereocenters. The van der Waals surface area contributed by atoms with E-state index >= 15 is 0 Å².